The van der Waals surface area contributed by atoms with Gasteiger partial charge in [-0.15, -0.1) is 0 Å². The van der Waals surface area contributed by atoms with Crippen molar-refractivity contribution >= 4 is 33.7 Å². The second-order valence-corrected chi connectivity index (χ2v) is 8.74. The van der Waals surface area contributed by atoms with E-state index in [0.29, 0.717) is 53.3 Å². The Kier molecular flexibility index (Phi) is 5.72. The highest BCUT2D eigenvalue weighted by Gasteiger charge is 2.21. The van der Waals surface area contributed by atoms with E-state index in [1.54, 1.807) is 42.5 Å². The molecule has 0 aliphatic carbocycles. The maximum absolute atomic E-state index is 13.6. The Morgan fingerprint density at radius 3 is 2.46 bits per heavy atom. The number of para-hydroxylation sites is 1. The third kappa shape index (κ3) is 4.24. The first kappa shape index (κ1) is 22.7. The van der Waals surface area contributed by atoms with Crippen molar-refractivity contribution in [3.63, 3.8) is 0 Å². The molecule has 1 aliphatic rings. The molecule has 2 aromatic heterocycles. The number of anilines is 1. The average Bonchev–Trinajstić information content (AvgIpc) is 3.31. The van der Waals surface area contributed by atoms with Crippen LogP contribution in [0.4, 0.5) is 5.69 Å². The number of nitrogens with zero attached hydrogens (tertiary/aromatic N) is 2. The molecule has 0 fully saturated rings. The summed E-state index contributed by atoms with van der Waals surface area (Å²) in [5.74, 6) is 0.718. The number of rotatable bonds is 6. The van der Waals surface area contributed by atoms with Crippen LogP contribution in [0.5, 0.6) is 11.5 Å². The molecule has 9 heteroatoms. The predicted octanol–water partition coefficient (Wildman–Crippen LogP) is 3.56. The number of aryl methyl sites for hydroxylation is 1. The van der Waals surface area contributed by atoms with Gasteiger partial charge in [0.1, 0.15) is 30.9 Å². The molecule has 9 nitrogen and oxygen atoms in total. The highest BCUT2D eigenvalue weighted by atomic mass is 16.6. The Labute approximate surface area is 210 Å². The number of furan rings is 1. The summed E-state index contributed by atoms with van der Waals surface area (Å²) in [4.78, 5) is 40.1. The molecule has 0 radical (unpaired) electrons. The number of amides is 1. The Hall–Kier alpha value is -4.79. The minimum absolute atomic E-state index is 0.0426. The van der Waals surface area contributed by atoms with E-state index in [1.165, 1.54) is 4.57 Å². The molecular weight excluding hydrogens is 474 g/mol. The number of carbonyl (C=O) groups is 1. The Balaban J connectivity index is 1.39. The fraction of sp³-hybridized carbons (Fsp3) is 0.179. The van der Waals surface area contributed by atoms with Crippen LogP contribution in [0, 0.1) is 0 Å². The average molecular weight is 498 g/mol. The smallest absolute Gasteiger partial charge is 0.332 e. The van der Waals surface area contributed by atoms with Crippen molar-refractivity contribution in [3.05, 3.63) is 99.2 Å². The number of aromatic nitrogens is 2. The number of fused-ring (bicyclic) bond motifs is 4. The molecule has 3 aromatic carbocycles. The van der Waals surface area contributed by atoms with Gasteiger partial charge in [0.15, 0.2) is 11.5 Å². The highest BCUT2D eigenvalue weighted by molar-refractivity contribution is 6.03. The monoisotopic (exact) mass is 497 g/mol. The van der Waals surface area contributed by atoms with E-state index < -0.39 is 17.2 Å². The normalized spacial score (nSPS) is 12.6. The Morgan fingerprint density at radius 1 is 0.865 bits per heavy atom. The molecule has 37 heavy (non-hydrogen) atoms. The highest BCUT2D eigenvalue weighted by Crippen LogP contribution is 2.32. The minimum atomic E-state index is -0.572. The minimum Gasteiger partial charge on any atom is -0.486 e. The number of hydrogen-bond donors (Lipinski definition) is 1. The standard InChI is InChI=1S/C28H23N3O6/c32-24(29-19-10-11-22-23(16-19)36-15-14-35-22)17-31-25-20-8-4-5-9-21(20)37-26(25)27(33)30(28(31)34)13-12-18-6-2-1-3-7-18/h1-11,16H,12-15,17H2,(H,29,32). The van der Waals surface area contributed by atoms with Crippen LogP contribution >= 0.6 is 0 Å². The van der Waals surface area contributed by atoms with Gasteiger partial charge in [0, 0.05) is 23.7 Å². The molecular formula is C28H23N3O6. The summed E-state index contributed by atoms with van der Waals surface area (Å²) in [6, 6.07) is 21.8. The quantitative estimate of drug-likeness (QED) is 0.385. The molecule has 1 aliphatic heterocycles. The summed E-state index contributed by atoms with van der Waals surface area (Å²) in [6.07, 6.45) is 0.477. The van der Waals surface area contributed by atoms with Crippen LogP contribution in [0.1, 0.15) is 5.56 Å². The molecule has 3 heterocycles. The van der Waals surface area contributed by atoms with Gasteiger partial charge in [-0.05, 0) is 36.2 Å². The van der Waals surface area contributed by atoms with Crippen LogP contribution in [0.2, 0.25) is 0 Å². The molecule has 6 rings (SSSR count). The third-order valence-corrected chi connectivity index (χ3v) is 6.33. The molecule has 0 spiro atoms. The summed E-state index contributed by atoms with van der Waals surface area (Å²) in [5, 5.41) is 3.40. The lowest BCUT2D eigenvalue weighted by Crippen LogP contribution is -2.41. The van der Waals surface area contributed by atoms with Crippen LogP contribution < -0.4 is 26.0 Å². The zero-order valence-electron chi connectivity index (χ0n) is 19.8. The van der Waals surface area contributed by atoms with Crippen LogP contribution in [0.3, 0.4) is 0 Å². The largest absolute Gasteiger partial charge is 0.486 e. The van der Waals surface area contributed by atoms with E-state index >= 15 is 0 Å². The summed E-state index contributed by atoms with van der Waals surface area (Å²) >= 11 is 0. The Morgan fingerprint density at radius 2 is 1.62 bits per heavy atom. The molecule has 1 amide bonds. The zero-order chi connectivity index (χ0) is 25.4. The van der Waals surface area contributed by atoms with Crippen LogP contribution in [-0.2, 0) is 24.3 Å². The van der Waals surface area contributed by atoms with E-state index in [2.05, 4.69) is 5.32 Å². The summed E-state index contributed by atoms with van der Waals surface area (Å²) in [7, 11) is 0. The first-order valence-electron chi connectivity index (χ1n) is 12.0. The first-order chi connectivity index (χ1) is 18.1. The van der Waals surface area contributed by atoms with Crippen LogP contribution in [0.25, 0.3) is 22.1 Å². The summed E-state index contributed by atoms with van der Waals surface area (Å²) in [5.41, 5.74) is 1.22. The number of carbonyl (C=O) groups excluding carboxylic acids is 1. The van der Waals surface area contributed by atoms with Crippen molar-refractivity contribution in [1.29, 1.82) is 0 Å². The van der Waals surface area contributed by atoms with Crippen molar-refractivity contribution in [2.75, 3.05) is 18.5 Å². The van der Waals surface area contributed by atoms with Gasteiger partial charge < -0.3 is 19.2 Å². The van der Waals surface area contributed by atoms with Gasteiger partial charge in [-0.1, -0.05) is 42.5 Å². The molecule has 0 atom stereocenters. The van der Waals surface area contributed by atoms with E-state index in [1.807, 2.05) is 30.3 Å². The molecule has 0 unspecified atom stereocenters. The van der Waals surface area contributed by atoms with Crippen LogP contribution in [0.15, 0.2) is 86.8 Å². The van der Waals surface area contributed by atoms with Gasteiger partial charge in [0.25, 0.3) is 5.56 Å². The van der Waals surface area contributed by atoms with Crippen molar-refractivity contribution in [3.8, 4) is 11.5 Å². The molecule has 5 aromatic rings. The second-order valence-electron chi connectivity index (χ2n) is 8.74. The zero-order valence-corrected chi connectivity index (χ0v) is 19.8. The van der Waals surface area contributed by atoms with Crippen LogP contribution in [-0.4, -0.2) is 28.3 Å². The number of ether oxygens (including phenoxy) is 2. The topological polar surface area (TPSA) is 105 Å². The SMILES string of the molecule is O=C(Cn1c(=O)n(CCc2ccccc2)c(=O)c2oc3ccccc3c21)Nc1ccc2c(c1)OCCO2. The molecule has 0 saturated heterocycles. The third-order valence-electron chi connectivity index (χ3n) is 6.33. The lowest BCUT2D eigenvalue weighted by atomic mass is 10.1. The second kappa shape index (κ2) is 9.34. The maximum atomic E-state index is 13.6. The summed E-state index contributed by atoms with van der Waals surface area (Å²) in [6.45, 7) is 0.740. The predicted molar refractivity (Wildman–Crippen MR) is 138 cm³/mol. The van der Waals surface area contributed by atoms with E-state index in [4.69, 9.17) is 13.9 Å². The van der Waals surface area contributed by atoms with Gasteiger partial charge in [-0.25, -0.2) is 4.79 Å². The fourth-order valence-electron chi connectivity index (χ4n) is 4.59. The number of nitrogens with one attached hydrogen (secondary N) is 1. The first-order valence-corrected chi connectivity index (χ1v) is 12.0. The molecule has 0 bridgehead atoms. The lowest BCUT2D eigenvalue weighted by Gasteiger charge is -2.19. The van der Waals surface area contributed by atoms with Gasteiger partial charge in [0.2, 0.25) is 11.5 Å². The van der Waals surface area contributed by atoms with Gasteiger partial charge in [-0.3, -0.25) is 18.7 Å². The van der Waals surface area contributed by atoms with E-state index in [0.717, 1.165) is 10.1 Å². The lowest BCUT2D eigenvalue weighted by molar-refractivity contribution is -0.116. The van der Waals surface area contributed by atoms with Gasteiger partial charge >= 0.3 is 5.69 Å². The van der Waals surface area contributed by atoms with Crippen molar-refractivity contribution < 1.29 is 18.7 Å². The van der Waals surface area contributed by atoms with E-state index in [9.17, 15) is 14.4 Å². The molecule has 0 saturated carbocycles. The number of hydrogen-bond acceptors (Lipinski definition) is 6. The van der Waals surface area contributed by atoms with Crippen molar-refractivity contribution in [1.82, 2.24) is 9.13 Å². The fourth-order valence-corrected chi connectivity index (χ4v) is 4.59. The van der Waals surface area contributed by atoms with E-state index in [-0.39, 0.29) is 18.7 Å². The maximum Gasteiger partial charge on any atom is 0.332 e. The van der Waals surface area contributed by atoms with Crippen molar-refractivity contribution in [2.24, 2.45) is 0 Å². The number of benzene rings is 3. The van der Waals surface area contributed by atoms with Gasteiger partial charge in [0.05, 0.1) is 0 Å². The molecule has 186 valence electrons. The van der Waals surface area contributed by atoms with Gasteiger partial charge in [-0.2, -0.15) is 0 Å². The Bertz CT molecular complexity index is 1750. The van der Waals surface area contributed by atoms with Crippen molar-refractivity contribution in [2.45, 2.75) is 19.5 Å². The molecule has 1 N–H and O–H groups in total. The summed E-state index contributed by atoms with van der Waals surface area (Å²) < 4.78 is 19.4.